The summed E-state index contributed by atoms with van der Waals surface area (Å²) in [4.78, 5) is 14.7. The topological polar surface area (TPSA) is 42.7 Å². The molecule has 4 rings (SSSR count). The monoisotopic (exact) mass is 375 g/mol. The summed E-state index contributed by atoms with van der Waals surface area (Å²) in [6.07, 6.45) is 3.48. The van der Waals surface area contributed by atoms with Gasteiger partial charge in [0, 0.05) is 40.7 Å². The van der Waals surface area contributed by atoms with E-state index in [2.05, 4.69) is 4.90 Å². The van der Waals surface area contributed by atoms with E-state index < -0.39 is 0 Å². The van der Waals surface area contributed by atoms with Gasteiger partial charge in [-0.25, -0.2) is 0 Å². The third kappa shape index (κ3) is 3.02. The summed E-state index contributed by atoms with van der Waals surface area (Å²) in [5, 5.41) is 2.55. The number of piperidine rings is 1. The summed E-state index contributed by atoms with van der Waals surface area (Å²) in [6.45, 7) is 1.85. The number of methoxy groups -OCH3 is 1. The average Bonchev–Trinajstić information content (AvgIpc) is 3.07. The Morgan fingerprint density at radius 1 is 1.16 bits per heavy atom. The van der Waals surface area contributed by atoms with E-state index in [9.17, 15) is 4.79 Å². The van der Waals surface area contributed by atoms with Crippen molar-refractivity contribution in [2.45, 2.75) is 19.3 Å². The second-order valence-corrected chi connectivity index (χ2v) is 7.46. The molecular weight excluding hydrogens is 358 g/mol. The molecule has 3 heterocycles. The van der Waals surface area contributed by atoms with E-state index in [1.54, 1.807) is 19.2 Å². The van der Waals surface area contributed by atoms with Crippen LogP contribution < -0.4 is 15.1 Å². The smallest absolute Gasteiger partial charge is 0.204 e. The van der Waals surface area contributed by atoms with Crippen LogP contribution >= 0.6 is 22.9 Å². The van der Waals surface area contributed by atoms with Gasteiger partial charge in [0.05, 0.1) is 7.11 Å². The van der Waals surface area contributed by atoms with Gasteiger partial charge in [-0.05, 0) is 37.5 Å². The van der Waals surface area contributed by atoms with Crippen molar-refractivity contribution in [1.29, 1.82) is 0 Å². The van der Waals surface area contributed by atoms with Crippen LogP contribution in [-0.2, 0) is 0 Å². The van der Waals surface area contributed by atoms with Crippen molar-refractivity contribution in [2.24, 2.45) is 0 Å². The molecule has 6 heteroatoms. The van der Waals surface area contributed by atoms with Gasteiger partial charge in [0.1, 0.15) is 10.4 Å². The van der Waals surface area contributed by atoms with Crippen molar-refractivity contribution < 1.29 is 9.15 Å². The first-order valence-electron chi connectivity index (χ1n) is 8.31. The van der Waals surface area contributed by atoms with Gasteiger partial charge in [-0.1, -0.05) is 11.6 Å². The molecule has 130 valence electrons. The number of halogens is 1. The molecule has 0 amide bonds. The first-order valence-corrected chi connectivity index (χ1v) is 9.57. The second kappa shape index (κ2) is 6.73. The fraction of sp³-hybridized carbons (Fsp3) is 0.316. The Bertz CT molecular complexity index is 972. The van der Waals surface area contributed by atoms with E-state index >= 15 is 0 Å². The molecule has 0 radical (unpaired) electrons. The summed E-state index contributed by atoms with van der Waals surface area (Å²) >= 11 is 7.57. The molecule has 0 atom stereocenters. The van der Waals surface area contributed by atoms with E-state index in [-0.39, 0.29) is 5.43 Å². The standard InChI is InChI=1S/C19H18ClNO3S/c1-23-16-6-5-12(20)9-13(16)14-11-25-19-15(22)10-17(24-18(14)19)21-7-3-2-4-8-21/h5-6,9-11H,2-4,7-8H2,1H3. The Morgan fingerprint density at radius 3 is 2.72 bits per heavy atom. The van der Waals surface area contributed by atoms with Crippen LogP contribution in [0.1, 0.15) is 19.3 Å². The van der Waals surface area contributed by atoms with Crippen LogP contribution in [0.3, 0.4) is 0 Å². The molecule has 0 bridgehead atoms. The van der Waals surface area contributed by atoms with Gasteiger partial charge in [-0.3, -0.25) is 4.79 Å². The lowest BCUT2D eigenvalue weighted by Gasteiger charge is -2.26. The highest BCUT2D eigenvalue weighted by atomic mass is 35.5. The van der Waals surface area contributed by atoms with Crippen LogP contribution in [0.4, 0.5) is 5.88 Å². The largest absolute Gasteiger partial charge is 0.496 e. The molecule has 4 nitrogen and oxygen atoms in total. The van der Waals surface area contributed by atoms with E-state index in [4.69, 9.17) is 20.8 Å². The van der Waals surface area contributed by atoms with Gasteiger partial charge < -0.3 is 14.1 Å². The maximum absolute atomic E-state index is 12.6. The van der Waals surface area contributed by atoms with Gasteiger partial charge in [0.25, 0.3) is 0 Å². The molecule has 3 aromatic rings. The zero-order valence-corrected chi connectivity index (χ0v) is 15.5. The normalized spacial score (nSPS) is 14.9. The molecule has 0 saturated carbocycles. The Morgan fingerprint density at radius 2 is 1.96 bits per heavy atom. The molecule has 25 heavy (non-hydrogen) atoms. The number of hydrogen-bond acceptors (Lipinski definition) is 5. The predicted molar refractivity (Wildman–Crippen MR) is 103 cm³/mol. The number of anilines is 1. The fourth-order valence-corrected chi connectivity index (χ4v) is 4.35. The molecule has 0 N–H and O–H groups in total. The first-order chi connectivity index (χ1) is 12.2. The maximum atomic E-state index is 12.6. The number of nitrogens with zero attached hydrogens (tertiary/aromatic N) is 1. The molecule has 1 aromatic carbocycles. The number of hydrogen-bond donors (Lipinski definition) is 0. The van der Waals surface area contributed by atoms with Gasteiger partial charge in [-0.2, -0.15) is 0 Å². The van der Waals surface area contributed by atoms with Crippen LogP contribution in [0.25, 0.3) is 21.4 Å². The number of fused-ring (bicyclic) bond motifs is 1. The number of thiophene rings is 1. The van der Waals surface area contributed by atoms with Gasteiger partial charge in [0.2, 0.25) is 5.43 Å². The highest BCUT2D eigenvalue weighted by Gasteiger charge is 2.20. The second-order valence-electron chi connectivity index (χ2n) is 6.15. The average molecular weight is 376 g/mol. The number of benzene rings is 1. The minimum Gasteiger partial charge on any atom is -0.496 e. The van der Waals surface area contributed by atoms with Crippen LogP contribution in [-0.4, -0.2) is 20.2 Å². The highest BCUT2D eigenvalue weighted by molar-refractivity contribution is 7.17. The predicted octanol–water partition coefficient (Wildman–Crippen LogP) is 5.17. The number of rotatable bonds is 3. The quantitative estimate of drug-likeness (QED) is 0.633. The molecule has 1 saturated heterocycles. The van der Waals surface area contributed by atoms with E-state index in [1.165, 1.54) is 17.8 Å². The Kier molecular flexibility index (Phi) is 4.44. The zero-order chi connectivity index (χ0) is 17.4. The molecule has 1 fully saturated rings. The Balaban J connectivity index is 1.89. The van der Waals surface area contributed by atoms with Crippen molar-refractivity contribution in [3.8, 4) is 16.9 Å². The van der Waals surface area contributed by atoms with Crippen molar-refractivity contribution in [1.82, 2.24) is 0 Å². The molecular formula is C19H18ClNO3S. The minimum absolute atomic E-state index is 0.000863. The van der Waals surface area contributed by atoms with Crippen molar-refractivity contribution in [3.05, 3.63) is 44.9 Å². The Hall–Kier alpha value is -1.98. The van der Waals surface area contributed by atoms with Crippen LogP contribution in [0.2, 0.25) is 5.02 Å². The van der Waals surface area contributed by atoms with Crippen LogP contribution in [0, 0.1) is 0 Å². The molecule has 1 aliphatic heterocycles. The number of ether oxygens (including phenoxy) is 1. The van der Waals surface area contributed by atoms with Gasteiger partial charge in [0.15, 0.2) is 11.5 Å². The summed E-state index contributed by atoms with van der Waals surface area (Å²) in [6, 6.07) is 7.07. The molecule has 2 aromatic heterocycles. The summed E-state index contributed by atoms with van der Waals surface area (Å²) < 4.78 is 12.3. The van der Waals surface area contributed by atoms with Gasteiger partial charge in [-0.15, -0.1) is 11.3 Å². The van der Waals surface area contributed by atoms with Crippen molar-refractivity contribution in [3.63, 3.8) is 0 Å². The SMILES string of the molecule is COc1ccc(Cl)cc1-c1csc2c(=O)cc(N3CCCCC3)oc12. The van der Waals surface area contributed by atoms with E-state index in [1.807, 2.05) is 17.5 Å². The third-order valence-electron chi connectivity index (χ3n) is 4.55. The summed E-state index contributed by atoms with van der Waals surface area (Å²) in [7, 11) is 1.62. The highest BCUT2D eigenvalue weighted by Crippen LogP contribution is 2.40. The van der Waals surface area contributed by atoms with Gasteiger partial charge >= 0.3 is 0 Å². The third-order valence-corrected chi connectivity index (χ3v) is 5.76. The van der Waals surface area contributed by atoms with Crippen LogP contribution in [0.5, 0.6) is 5.75 Å². The molecule has 1 aliphatic rings. The molecule has 0 aliphatic carbocycles. The van der Waals surface area contributed by atoms with Crippen molar-refractivity contribution in [2.75, 3.05) is 25.1 Å². The molecule has 0 spiro atoms. The van der Waals surface area contributed by atoms with E-state index in [0.717, 1.165) is 37.1 Å². The first kappa shape index (κ1) is 16.5. The minimum atomic E-state index is -0.000863. The molecule has 0 unspecified atom stereocenters. The lowest BCUT2D eigenvalue weighted by molar-refractivity contribution is 0.416. The maximum Gasteiger partial charge on any atom is 0.204 e. The van der Waals surface area contributed by atoms with E-state index in [0.29, 0.717) is 26.9 Å². The lowest BCUT2D eigenvalue weighted by Crippen LogP contribution is -2.29. The fourth-order valence-electron chi connectivity index (χ4n) is 3.28. The summed E-state index contributed by atoms with van der Waals surface area (Å²) in [5.74, 6) is 1.35. The van der Waals surface area contributed by atoms with Crippen LogP contribution in [0.15, 0.2) is 38.9 Å². The zero-order valence-electron chi connectivity index (χ0n) is 13.9. The Labute approximate surface area is 154 Å². The lowest BCUT2D eigenvalue weighted by atomic mass is 10.1. The summed E-state index contributed by atoms with van der Waals surface area (Å²) in [5.41, 5.74) is 2.29. The van der Waals surface area contributed by atoms with Crippen molar-refractivity contribution >= 4 is 39.1 Å².